The number of nitrogens with zero attached hydrogens (tertiary/aromatic N) is 5. The molecule has 9 heteroatoms. The van der Waals surface area contributed by atoms with Gasteiger partial charge in [-0.3, -0.25) is 9.39 Å². The molecule has 3 rings (SSSR count). The molecule has 0 aliphatic carbocycles. The highest BCUT2D eigenvalue weighted by atomic mass is 127. The van der Waals surface area contributed by atoms with Crippen LogP contribution in [0.5, 0.6) is 0 Å². The average Bonchev–Trinajstić information content (AvgIpc) is 3.30. The van der Waals surface area contributed by atoms with Crippen LogP contribution in [0.1, 0.15) is 49.9 Å². The third-order valence-electron chi connectivity index (χ3n) is 4.43. The fourth-order valence-electron chi connectivity index (χ4n) is 2.88. The zero-order valence-electron chi connectivity index (χ0n) is 15.8. The maximum Gasteiger partial charge on any atom is 0.191 e. The van der Waals surface area contributed by atoms with Crippen molar-refractivity contribution in [3.63, 3.8) is 0 Å². The maximum atomic E-state index is 5.43. The molecule has 0 bridgehead atoms. The van der Waals surface area contributed by atoms with Crippen LogP contribution in [0, 0.1) is 0 Å². The van der Waals surface area contributed by atoms with Crippen molar-refractivity contribution in [2.24, 2.45) is 4.99 Å². The standard InChI is InChI=1S/C18H25N7O.HI/c1-4-13(5-2)15-10-14(26-24-15)11-20-18(19-3)21-12-17-23-22-16-8-6-7-9-25(16)17;/h6-10,13H,4-5,11-12H2,1-3H3,(H2,19,20,21);1H. The van der Waals surface area contributed by atoms with E-state index in [-0.39, 0.29) is 24.0 Å². The molecule has 0 amide bonds. The van der Waals surface area contributed by atoms with Gasteiger partial charge in [0.05, 0.1) is 18.8 Å². The number of nitrogens with one attached hydrogen (secondary N) is 2. The second-order valence-electron chi connectivity index (χ2n) is 6.06. The van der Waals surface area contributed by atoms with Crippen LogP contribution in [0.25, 0.3) is 5.65 Å². The Kier molecular flexibility index (Phi) is 8.01. The van der Waals surface area contributed by atoms with Gasteiger partial charge in [0.25, 0.3) is 0 Å². The lowest BCUT2D eigenvalue weighted by Gasteiger charge is -2.09. The summed E-state index contributed by atoms with van der Waals surface area (Å²) in [6.07, 6.45) is 4.06. The van der Waals surface area contributed by atoms with Crippen molar-refractivity contribution in [3.8, 4) is 0 Å². The predicted molar refractivity (Wildman–Crippen MR) is 115 cm³/mol. The van der Waals surface area contributed by atoms with Crippen LogP contribution in [0.2, 0.25) is 0 Å². The summed E-state index contributed by atoms with van der Waals surface area (Å²) < 4.78 is 7.37. The first kappa shape index (κ1) is 21.1. The Morgan fingerprint density at radius 3 is 2.70 bits per heavy atom. The number of fused-ring (bicyclic) bond motifs is 1. The average molecular weight is 483 g/mol. The van der Waals surface area contributed by atoms with E-state index in [4.69, 9.17) is 4.52 Å². The molecule has 3 aromatic heterocycles. The molecule has 146 valence electrons. The number of rotatable bonds is 7. The van der Waals surface area contributed by atoms with Crippen molar-refractivity contribution in [2.75, 3.05) is 7.05 Å². The van der Waals surface area contributed by atoms with Gasteiger partial charge in [0.1, 0.15) is 0 Å². The predicted octanol–water partition coefficient (Wildman–Crippen LogP) is 3.10. The summed E-state index contributed by atoms with van der Waals surface area (Å²) in [7, 11) is 1.73. The second kappa shape index (κ2) is 10.2. The third kappa shape index (κ3) is 5.18. The molecular formula is C18H26IN7O. The molecule has 0 fully saturated rings. The van der Waals surface area contributed by atoms with Gasteiger partial charge in [0.2, 0.25) is 0 Å². The number of guanidine groups is 1. The van der Waals surface area contributed by atoms with Crippen molar-refractivity contribution in [1.82, 2.24) is 30.4 Å². The summed E-state index contributed by atoms with van der Waals surface area (Å²) in [5.74, 6) is 2.73. The number of halogens is 1. The lowest BCUT2D eigenvalue weighted by molar-refractivity contribution is 0.368. The zero-order chi connectivity index (χ0) is 18.4. The van der Waals surface area contributed by atoms with Crippen molar-refractivity contribution in [2.45, 2.75) is 45.7 Å². The summed E-state index contributed by atoms with van der Waals surface area (Å²) in [5, 5.41) is 19.0. The molecule has 0 aliphatic rings. The second-order valence-corrected chi connectivity index (χ2v) is 6.06. The normalized spacial score (nSPS) is 11.6. The number of aliphatic imine (C=N–C) groups is 1. The molecule has 8 nitrogen and oxygen atoms in total. The van der Waals surface area contributed by atoms with Crippen LogP contribution in [-0.4, -0.2) is 32.8 Å². The SMILES string of the molecule is CCC(CC)c1cc(CNC(=NC)NCc2nnc3ccccn23)on1.I. The van der Waals surface area contributed by atoms with Crippen molar-refractivity contribution in [1.29, 1.82) is 0 Å². The maximum absolute atomic E-state index is 5.43. The van der Waals surface area contributed by atoms with Gasteiger partial charge in [0.15, 0.2) is 23.2 Å². The molecular weight excluding hydrogens is 457 g/mol. The number of aromatic nitrogens is 4. The first-order valence-corrected chi connectivity index (χ1v) is 8.93. The first-order valence-electron chi connectivity index (χ1n) is 8.93. The van der Waals surface area contributed by atoms with Crippen LogP contribution >= 0.6 is 24.0 Å². The van der Waals surface area contributed by atoms with E-state index in [0.29, 0.717) is 25.0 Å². The van der Waals surface area contributed by atoms with Gasteiger partial charge in [-0.1, -0.05) is 25.1 Å². The van der Waals surface area contributed by atoms with Gasteiger partial charge < -0.3 is 15.2 Å². The van der Waals surface area contributed by atoms with Gasteiger partial charge in [0, 0.05) is 25.2 Å². The summed E-state index contributed by atoms with van der Waals surface area (Å²) in [6, 6.07) is 7.83. The van der Waals surface area contributed by atoms with Gasteiger partial charge in [-0.25, -0.2) is 0 Å². The van der Waals surface area contributed by atoms with E-state index in [2.05, 4.69) is 44.8 Å². The molecule has 2 N–H and O–H groups in total. The number of pyridine rings is 1. The van der Waals surface area contributed by atoms with E-state index < -0.39 is 0 Å². The van der Waals surface area contributed by atoms with Crippen LogP contribution < -0.4 is 10.6 Å². The van der Waals surface area contributed by atoms with Crippen LogP contribution in [-0.2, 0) is 13.1 Å². The van der Waals surface area contributed by atoms with Gasteiger partial charge in [-0.2, -0.15) is 0 Å². The fraction of sp³-hybridized carbons (Fsp3) is 0.444. The Balaban J connectivity index is 0.00000261. The lowest BCUT2D eigenvalue weighted by Crippen LogP contribution is -2.36. The third-order valence-corrected chi connectivity index (χ3v) is 4.43. The van der Waals surface area contributed by atoms with Crippen LogP contribution in [0.15, 0.2) is 40.0 Å². The zero-order valence-corrected chi connectivity index (χ0v) is 18.2. The van der Waals surface area contributed by atoms with Gasteiger partial charge in [-0.05, 0) is 25.0 Å². The summed E-state index contributed by atoms with van der Waals surface area (Å²) in [5.41, 5.74) is 1.84. The van der Waals surface area contributed by atoms with Crippen molar-refractivity contribution < 1.29 is 4.52 Å². The van der Waals surface area contributed by atoms with Gasteiger partial charge >= 0.3 is 0 Å². The van der Waals surface area contributed by atoms with Crippen molar-refractivity contribution >= 4 is 35.6 Å². The summed E-state index contributed by atoms with van der Waals surface area (Å²) in [6.45, 7) is 5.37. The van der Waals surface area contributed by atoms with E-state index >= 15 is 0 Å². The molecule has 0 unspecified atom stereocenters. The molecule has 0 atom stereocenters. The quantitative estimate of drug-likeness (QED) is 0.305. The topological polar surface area (TPSA) is 92.6 Å². The minimum atomic E-state index is 0. The first-order chi connectivity index (χ1) is 12.7. The van der Waals surface area contributed by atoms with Crippen LogP contribution in [0.4, 0.5) is 0 Å². The largest absolute Gasteiger partial charge is 0.359 e. The molecule has 0 saturated heterocycles. The van der Waals surface area contributed by atoms with E-state index in [1.807, 2.05) is 34.9 Å². The molecule has 0 spiro atoms. The smallest absolute Gasteiger partial charge is 0.191 e. The highest BCUT2D eigenvalue weighted by Crippen LogP contribution is 2.22. The van der Waals surface area contributed by atoms with E-state index in [0.717, 1.165) is 35.8 Å². The fourth-order valence-corrected chi connectivity index (χ4v) is 2.88. The Morgan fingerprint density at radius 2 is 1.96 bits per heavy atom. The molecule has 0 saturated carbocycles. The Bertz CT molecular complexity index is 869. The van der Waals surface area contributed by atoms with E-state index in [9.17, 15) is 0 Å². The molecule has 0 aliphatic heterocycles. The van der Waals surface area contributed by atoms with E-state index in [1.165, 1.54) is 0 Å². The van der Waals surface area contributed by atoms with Crippen molar-refractivity contribution in [3.05, 3.63) is 47.7 Å². The van der Waals surface area contributed by atoms with Crippen LogP contribution in [0.3, 0.4) is 0 Å². The summed E-state index contributed by atoms with van der Waals surface area (Å²) >= 11 is 0. The molecule has 3 heterocycles. The Morgan fingerprint density at radius 1 is 1.19 bits per heavy atom. The summed E-state index contributed by atoms with van der Waals surface area (Å²) in [4.78, 5) is 4.23. The minimum Gasteiger partial charge on any atom is -0.359 e. The lowest BCUT2D eigenvalue weighted by atomic mass is 9.99. The minimum absolute atomic E-state index is 0. The van der Waals surface area contributed by atoms with Gasteiger partial charge in [-0.15, -0.1) is 34.2 Å². The highest BCUT2D eigenvalue weighted by molar-refractivity contribution is 14.0. The highest BCUT2D eigenvalue weighted by Gasteiger charge is 2.13. The Hall–Kier alpha value is -2.17. The number of hydrogen-bond acceptors (Lipinski definition) is 5. The number of hydrogen-bond donors (Lipinski definition) is 2. The molecule has 0 aromatic carbocycles. The van der Waals surface area contributed by atoms with E-state index in [1.54, 1.807) is 7.05 Å². The monoisotopic (exact) mass is 483 g/mol. The molecule has 27 heavy (non-hydrogen) atoms. The Labute approximate surface area is 175 Å². The molecule has 0 radical (unpaired) electrons. The molecule has 3 aromatic rings.